The number of hydrogen-bond acceptors (Lipinski definition) is 8. The number of rotatable bonds is 5. The lowest BCUT2D eigenvalue weighted by atomic mass is 9.96. The first-order valence-corrected chi connectivity index (χ1v) is 9.37. The normalized spacial score (nSPS) is 10.2. The average Bonchev–Trinajstić information content (AvgIpc) is 3.11. The zero-order chi connectivity index (χ0) is 21.0. The molecule has 0 aliphatic heterocycles. The maximum atomic E-state index is 12.2. The van der Waals surface area contributed by atoms with Crippen LogP contribution in [0.3, 0.4) is 0 Å². The van der Waals surface area contributed by atoms with Crippen LogP contribution >= 0.6 is 11.8 Å². The lowest BCUT2D eigenvalue weighted by Crippen LogP contribution is -2.28. The number of carbonyl (C=O) groups excluding carboxylic acids is 1. The Balaban J connectivity index is 1.93. The van der Waals surface area contributed by atoms with Gasteiger partial charge in [-0.3, -0.25) is 14.6 Å². The largest absolute Gasteiger partial charge is 0.383 e. The summed E-state index contributed by atoms with van der Waals surface area (Å²) in [5, 5.41) is 25.7. The van der Waals surface area contributed by atoms with Crippen LogP contribution < -0.4 is 15.7 Å². The quantitative estimate of drug-likeness (QED) is 0.483. The monoisotopic (exact) mass is 406 g/mol. The van der Waals surface area contributed by atoms with Crippen molar-refractivity contribution >= 4 is 29.4 Å². The highest BCUT2D eigenvalue weighted by Gasteiger charge is 2.21. The van der Waals surface area contributed by atoms with Gasteiger partial charge in [0.05, 0.1) is 11.3 Å². The standard InChI is InChI=1S/C19H15N7O2S/c1-11-3-5-12(6-4-11)17-13(7-20)18(22)24-19(14(17)8-21)29-10-15(27)23-16-9-26(2)25-28-16/h3-6,9H,10H2,1-2H3,(H2-,22,23,24,25,27)/p+1. The number of benzene rings is 1. The van der Waals surface area contributed by atoms with Gasteiger partial charge < -0.3 is 5.73 Å². The smallest absolute Gasteiger partial charge is 0.302 e. The number of nitrogens with zero attached hydrogens (tertiary/aromatic N) is 5. The third-order valence-electron chi connectivity index (χ3n) is 3.93. The van der Waals surface area contributed by atoms with Crippen molar-refractivity contribution in [1.29, 1.82) is 10.5 Å². The first-order chi connectivity index (χ1) is 13.9. The molecule has 0 aliphatic rings. The summed E-state index contributed by atoms with van der Waals surface area (Å²) in [6, 6.07) is 11.5. The molecule has 0 radical (unpaired) electrons. The lowest BCUT2D eigenvalue weighted by Gasteiger charge is -2.13. The molecule has 0 saturated carbocycles. The van der Waals surface area contributed by atoms with E-state index in [1.807, 2.05) is 37.3 Å². The van der Waals surface area contributed by atoms with Gasteiger partial charge >= 0.3 is 5.88 Å². The van der Waals surface area contributed by atoms with Gasteiger partial charge in [0, 0.05) is 5.56 Å². The van der Waals surface area contributed by atoms with E-state index in [-0.39, 0.29) is 39.5 Å². The van der Waals surface area contributed by atoms with Crippen molar-refractivity contribution in [3.05, 3.63) is 47.2 Å². The topological polar surface area (TPSA) is 146 Å². The molecular weight excluding hydrogens is 390 g/mol. The third-order valence-corrected chi connectivity index (χ3v) is 4.91. The predicted molar refractivity (Wildman–Crippen MR) is 105 cm³/mol. The van der Waals surface area contributed by atoms with Gasteiger partial charge in [0.25, 0.3) is 6.20 Å². The first-order valence-electron chi connectivity index (χ1n) is 8.39. The summed E-state index contributed by atoms with van der Waals surface area (Å²) in [5.74, 6) is -0.194. The van der Waals surface area contributed by atoms with Crippen LogP contribution in [0.15, 0.2) is 40.0 Å². The van der Waals surface area contributed by atoms with Gasteiger partial charge in [0.15, 0.2) is 12.3 Å². The van der Waals surface area contributed by atoms with Crippen LogP contribution in [0.2, 0.25) is 0 Å². The van der Waals surface area contributed by atoms with Crippen molar-refractivity contribution in [2.75, 3.05) is 16.8 Å². The molecule has 0 spiro atoms. The Morgan fingerprint density at radius 3 is 2.55 bits per heavy atom. The molecule has 9 nitrogen and oxygen atoms in total. The zero-order valence-electron chi connectivity index (χ0n) is 15.6. The molecule has 2 aromatic heterocycles. The van der Waals surface area contributed by atoms with Gasteiger partial charge in [-0.25, -0.2) is 4.98 Å². The summed E-state index contributed by atoms with van der Waals surface area (Å²) >= 11 is 1.05. The highest BCUT2D eigenvalue weighted by molar-refractivity contribution is 8.00. The van der Waals surface area contributed by atoms with Gasteiger partial charge in [-0.15, -0.1) is 0 Å². The number of pyridine rings is 1. The van der Waals surface area contributed by atoms with E-state index in [1.165, 1.54) is 10.9 Å². The summed E-state index contributed by atoms with van der Waals surface area (Å²) in [6.07, 6.45) is 1.51. The Morgan fingerprint density at radius 1 is 1.28 bits per heavy atom. The van der Waals surface area contributed by atoms with Crippen molar-refractivity contribution in [2.24, 2.45) is 7.05 Å². The van der Waals surface area contributed by atoms with Crippen LogP contribution in [-0.2, 0) is 11.8 Å². The molecule has 3 rings (SSSR count). The zero-order valence-corrected chi connectivity index (χ0v) is 16.4. The molecule has 0 saturated heterocycles. The maximum absolute atomic E-state index is 12.2. The summed E-state index contributed by atoms with van der Waals surface area (Å²) < 4.78 is 6.33. The van der Waals surface area contributed by atoms with Crippen LogP contribution in [0.5, 0.6) is 0 Å². The van der Waals surface area contributed by atoms with Crippen LogP contribution in [0.25, 0.3) is 11.1 Å². The van der Waals surface area contributed by atoms with E-state index in [1.54, 1.807) is 7.05 Å². The fourth-order valence-electron chi connectivity index (χ4n) is 2.60. The summed E-state index contributed by atoms with van der Waals surface area (Å²) in [6.45, 7) is 1.94. The Bertz CT molecular complexity index is 1160. The van der Waals surface area contributed by atoms with Crippen LogP contribution in [0.1, 0.15) is 16.7 Å². The molecule has 0 bridgehead atoms. The van der Waals surface area contributed by atoms with E-state index >= 15 is 0 Å². The average molecular weight is 406 g/mol. The number of thioether (sulfide) groups is 1. The second kappa shape index (κ2) is 8.42. The first kappa shape index (κ1) is 19.9. The molecule has 1 aromatic carbocycles. The minimum Gasteiger partial charge on any atom is -0.383 e. The van der Waals surface area contributed by atoms with E-state index in [0.717, 1.165) is 17.3 Å². The van der Waals surface area contributed by atoms with Crippen LogP contribution in [0, 0.1) is 29.6 Å². The molecule has 0 atom stereocenters. The van der Waals surface area contributed by atoms with Crippen molar-refractivity contribution in [2.45, 2.75) is 11.9 Å². The summed E-state index contributed by atoms with van der Waals surface area (Å²) in [5.41, 5.74) is 8.43. The number of amides is 1. The number of nitrogens with two attached hydrogens (primary N) is 1. The Kier molecular flexibility index (Phi) is 5.77. The summed E-state index contributed by atoms with van der Waals surface area (Å²) in [4.78, 5) is 16.3. The molecule has 3 aromatic rings. The highest BCUT2D eigenvalue weighted by atomic mass is 32.2. The fourth-order valence-corrected chi connectivity index (χ4v) is 3.39. The molecule has 2 heterocycles. The molecule has 29 heavy (non-hydrogen) atoms. The number of carbonyl (C=O) groups is 1. The number of aryl methyl sites for hydroxylation is 2. The predicted octanol–water partition coefficient (Wildman–Crippen LogP) is 1.93. The molecule has 3 N–H and O–H groups in total. The van der Waals surface area contributed by atoms with Gasteiger partial charge in [-0.2, -0.15) is 10.5 Å². The summed E-state index contributed by atoms with van der Waals surface area (Å²) in [7, 11) is 1.66. The molecule has 0 fully saturated rings. The van der Waals surface area contributed by atoms with E-state index in [2.05, 4.69) is 21.6 Å². The highest BCUT2D eigenvalue weighted by Crippen LogP contribution is 2.35. The lowest BCUT2D eigenvalue weighted by molar-refractivity contribution is -0.739. The Labute approximate surface area is 170 Å². The van der Waals surface area contributed by atoms with E-state index in [4.69, 9.17) is 10.3 Å². The molecular formula is C19H16N7O2S+. The molecule has 0 unspecified atom stereocenters. The SMILES string of the molecule is Cc1ccc(-c2c(C#N)c(N)nc(SCC(=O)Nc3c[n+](C)no3)c2C#N)cc1. The Hall–Kier alpha value is -3.89. The minimum atomic E-state index is -0.364. The van der Waals surface area contributed by atoms with Crippen LogP contribution in [0.4, 0.5) is 11.7 Å². The molecule has 1 amide bonds. The fraction of sp³-hybridized carbons (Fsp3) is 0.158. The number of hydrogen-bond donors (Lipinski definition) is 2. The van der Waals surface area contributed by atoms with Crippen molar-refractivity contribution in [1.82, 2.24) is 10.3 Å². The van der Waals surface area contributed by atoms with E-state index in [9.17, 15) is 15.3 Å². The van der Waals surface area contributed by atoms with Gasteiger partial charge in [-0.05, 0) is 12.5 Å². The molecule has 10 heteroatoms. The maximum Gasteiger partial charge on any atom is 0.302 e. The Morgan fingerprint density at radius 2 is 1.97 bits per heavy atom. The van der Waals surface area contributed by atoms with E-state index in [0.29, 0.717) is 11.1 Å². The van der Waals surface area contributed by atoms with Crippen molar-refractivity contribution < 1.29 is 14.0 Å². The van der Waals surface area contributed by atoms with Gasteiger partial charge in [0.2, 0.25) is 5.91 Å². The second-order valence-corrected chi connectivity index (χ2v) is 7.06. The van der Waals surface area contributed by atoms with Crippen LogP contribution in [-0.4, -0.2) is 21.9 Å². The van der Waals surface area contributed by atoms with Gasteiger partial charge in [-0.1, -0.05) is 46.3 Å². The second-order valence-electron chi connectivity index (χ2n) is 6.09. The number of nitrogen functional groups attached to an aromatic ring is 1. The number of anilines is 2. The number of nitriles is 2. The number of aromatic nitrogens is 3. The van der Waals surface area contributed by atoms with Gasteiger partial charge in [0.1, 0.15) is 28.5 Å². The minimum absolute atomic E-state index is 0.00671. The van der Waals surface area contributed by atoms with E-state index < -0.39 is 0 Å². The molecule has 0 aliphatic carbocycles. The number of nitrogens with one attached hydrogen (secondary N) is 1. The molecule has 144 valence electrons. The third kappa shape index (κ3) is 4.34. The van der Waals surface area contributed by atoms with Crippen molar-refractivity contribution in [3.8, 4) is 23.3 Å². The van der Waals surface area contributed by atoms with Crippen molar-refractivity contribution in [3.63, 3.8) is 0 Å².